The topological polar surface area (TPSA) is 237 Å². The molecule has 0 amide bonds. The third kappa shape index (κ3) is 69.2. The lowest BCUT2D eigenvalue weighted by atomic mass is 10.00. The Kier molecular flexibility index (Phi) is 65.0. The van der Waals surface area contributed by atoms with Crippen LogP contribution in [0, 0.1) is 23.7 Å². The molecule has 0 aliphatic rings. The second kappa shape index (κ2) is 66.3. The van der Waals surface area contributed by atoms with Crippen molar-refractivity contribution in [2.24, 2.45) is 23.7 Å². The van der Waals surface area contributed by atoms with E-state index in [2.05, 4.69) is 55.4 Å². The van der Waals surface area contributed by atoms with Gasteiger partial charge in [0.05, 0.1) is 26.4 Å². The summed E-state index contributed by atoms with van der Waals surface area (Å²) >= 11 is 0. The van der Waals surface area contributed by atoms with Gasteiger partial charge in [-0.2, -0.15) is 0 Å². The molecule has 6 atom stereocenters. The minimum absolute atomic E-state index is 0.106. The molecule has 3 N–H and O–H groups in total. The lowest BCUT2D eigenvalue weighted by Gasteiger charge is -2.21. The fourth-order valence-electron chi connectivity index (χ4n) is 11.7. The first-order valence-electron chi connectivity index (χ1n) is 39.7. The van der Waals surface area contributed by atoms with Crippen LogP contribution in [0.15, 0.2) is 0 Å². The maximum absolute atomic E-state index is 13.1. The van der Waals surface area contributed by atoms with E-state index in [1.54, 1.807) is 0 Å². The molecule has 0 rings (SSSR count). The second-order valence-corrected chi connectivity index (χ2v) is 32.3. The normalized spacial score (nSPS) is 14.4. The number of carbonyl (C=O) groups is 4. The first-order chi connectivity index (χ1) is 46.1. The molecule has 19 heteroatoms. The predicted octanol–water partition coefficient (Wildman–Crippen LogP) is 22.4. The van der Waals surface area contributed by atoms with Gasteiger partial charge in [-0.3, -0.25) is 37.3 Å². The monoisotopic (exact) mass is 1410 g/mol. The molecular weight excluding hydrogens is 1260 g/mol. The van der Waals surface area contributed by atoms with Gasteiger partial charge >= 0.3 is 39.5 Å². The van der Waals surface area contributed by atoms with E-state index in [4.69, 9.17) is 37.0 Å². The highest BCUT2D eigenvalue weighted by Crippen LogP contribution is 2.45. The van der Waals surface area contributed by atoms with Crippen LogP contribution in [0.25, 0.3) is 0 Å². The number of unbranched alkanes of at least 4 members (excludes halogenated alkanes) is 39. The zero-order chi connectivity index (χ0) is 71.0. The summed E-state index contributed by atoms with van der Waals surface area (Å²) in [5.74, 6) is 0.945. The van der Waals surface area contributed by atoms with Crippen molar-refractivity contribution in [1.29, 1.82) is 0 Å². The highest BCUT2D eigenvalue weighted by atomic mass is 31.2. The summed E-state index contributed by atoms with van der Waals surface area (Å²) < 4.78 is 68.6. The van der Waals surface area contributed by atoms with Crippen LogP contribution in [0.1, 0.15) is 389 Å². The van der Waals surface area contributed by atoms with Crippen molar-refractivity contribution in [2.45, 2.75) is 408 Å². The number of carbonyl (C=O) groups excluding carboxylic acids is 4. The first-order valence-corrected chi connectivity index (χ1v) is 42.7. The lowest BCUT2D eigenvalue weighted by molar-refractivity contribution is -0.161. The highest BCUT2D eigenvalue weighted by Gasteiger charge is 2.30. The molecule has 0 saturated heterocycles. The van der Waals surface area contributed by atoms with Gasteiger partial charge < -0.3 is 33.8 Å². The zero-order valence-corrected chi connectivity index (χ0v) is 64.8. The summed E-state index contributed by atoms with van der Waals surface area (Å²) in [6.07, 6.45) is 51.3. The Morgan fingerprint density at radius 3 is 0.740 bits per heavy atom. The van der Waals surface area contributed by atoms with E-state index in [0.717, 1.165) is 120 Å². The maximum atomic E-state index is 13.1. The summed E-state index contributed by atoms with van der Waals surface area (Å²) in [5.41, 5.74) is 0. The van der Waals surface area contributed by atoms with E-state index in [1.807, 2.05) is 0 Å². The number of phosphoric ester groups is 2. The molecule has 0 aromatic carbocycles. The van der Waals surface area contributed by atoms with Crippen molar-refractivity contribution >= 4 is 39.5 Å². The predicted molar refractivity (Wildman–Crippen MR) is 391 cm³/mol. The number of phosphoric acid groups is 2. The quantitative estimate of drug-likeness (QED) is 0.0222. The zero-order valence-electron chi connectivity index (χ0n) is 63.0. The van der Waals surface area contributed by atoms with Gasteiger partial charge in [-0.25, -0.2) is 9.13 Å². The van der Waals surface area contributed by atoms with Gasteiger partial charge in [0.15, 0.2) is 12.2 Å². The minimum atomic E-state index is -4.96. The van der Waals surface area contributed by atoms with Crippen LogP contribution in [0.5, 0.6) is 0 Å². The van der Waals surface area contributed by atoms with Crippen LogP contribution in [-0.4, -0.2) is 96.7 Å². The SMILES string of the molecule is CCC(C)CCCCCCCCC(=O)OC[C@H](COP(=O)(O)OC[C@H](O)COP(=O)(O)OC[C@@H](COC(=O)CCCCCCCCCCCC(C)C)OC(=O)CCCCCCCCCCCCCCCCC(C)C)OC(=O)CCCCCCCCCCCCCCCCC(C)C. The Bertz CT molecular complexity index is 1890. The molecule has 0 spiro atoms. The van der Waals surface area contributed by atoms with Crippen LogP contribution >= 0.6 is 15.6 Å². The highest BCUT2D eigenvalue weighted by molar-refractivity contribution is 7.47. The average molecular weight is 1410 g/mol. The molecule has 0 bridgehead atoms. The van der Waals surface area contributed by atoms with Crippen molar-refractivity contribution in [3.05, 3.63) is 0 Å². The van der Waals surface area contributed by atoms with Crippen molar-refractivity contribution in [3.63, 3.8) is 0 Å². The molecule has 3 unspecified atom stereocenters. The summed E-state index contributed by atoms with van der Waals surface area (Å²) in [6.45, 7) is 14.2. The smallest absolute Gasteiger partial charge is 0.462 e. The number of esters is 4. The molecule has 570 valence electrons. The number of hydrogen-bond donors (Lipinski definition) is 3. The Balaban J connectivity index is 5.24. The molecule has 0 aromatic rings. The van der Waals surface area contributed by atoms with Gasteiger partial charge in [0, 0.05) is 25.7 Å². The summed E-state index contributed by atoms with van der Waals surface area (Å²) in [5, 5.41) is 10.6. The third-order valence-corrected chi connectivity index (χ3v) is 20.1. The number of rotatable bonds is 74. The Hall–Kier alpha value is -1.94. The molecule has 0 aliphatic carbocycles. The number of ether oxygens (including phenoxy) is 4. The van der Waals surface area contributed by atoms with Crippen molar-refractivity contribution in [3.8, 4) is 0 Å². The molecule has 0 saturated carbocycles. The van der Waals surface area contributed by atoms with E-state index in [0.29, 0.717) is 25.7 Å². The second-order valence-electron chi connectivity index (χ2n) is 29.4. The molecule has 17 nitrogen and oxygen atoms in total. The fourth-order valence-corrected chi connectivity index (χ4v) is 13.3. The summed E-state index contributed by atoms with van der Waals surface area (Å²) in [7, 11) is -9.92. The molecule has 0 aliphatic heterocycles. The Labute approximate surface area is 588 Å². The Morgan fingerprint density at radius 1 is 0.292 bits per heavy atom. The standard InChI is InChI=1S/C77H150O17P2/c1-9-70(8)56-48-40-35-36-42-50-58-75(80)88-64-73(94-77(82)60-52-44-34-27-21-17-13-11-15-19-24-30-38-46-54-68(4)5)66-92-96(85,86)90-62-71(78)61-89-95(83,84)91-65-72(63-87-74(79)57-49-41-32-28-22-25-31-39-47-55-69(6)7)93-76(81)59-51-43-33-26-20-16-12-10-14-18-23-29-37-45-53-67(2)3/h67-73,78H,9-66H2,1-8H3,(H,83,84)(H,85,86)/t70?,71-,72-,73-/m1/s1. The molecule has 0 radical (unpaired) electrons. The van der Waals surface area contributed by atoms with Gasteiger partial charge in [0.25, 0.3) is 0 Å². The Morgan fingerprint density at radius 2 is 0.500 bits per heavy atom. The van der Waals surface area contributed by atoms with Gasteiger partial charge in [0.1, 0.15) is 19.3 Å². The van der Waals surface area contributed by atoms with Crippen molar-refractivity contribution in [1.82, 2.24) is 0 Å². The average Bonchev–Trinajstić information content (AvgIpc) is 1.23. The minimum Gasteiger partial charge on any atom is -0.462 e. The van der Waals surface area contributed by atoms with Crippen LogP contribution in [0.2, 0.25) is 0 Å². The molecule has 96 heavy (non-hydrogen) atoms. The van der Waals surface area contributed by atoms with Gasteiger partial charge in [0.2, 0.25) is 0 Å². The van der Waals surface area contributed by atoms with Gasteiger partial charge in [-0.15, -0.1) is 0 Å². The molecule has 0 fully saturated rings. The van der Waals surface area contributed by atoms with E-state index in [9.17, 15) is 43.2 Å². The summed E-state index contributed by atoms with van der Waals surface area (Å²) in [6, 6.07) is 0. The third-order valence-electron chi connectivity index (χ3n) is 18.2. The fraction of sp³-hybridized carbons (Fsp3) is 0.948. The van der Waals surface area contributed by atoms with Gasteiger partial charge in [-0.1, -0.05) is 338 Å². The summed E-state index contributed by atoms with van der Waals surface area (Å²) in [4.78, 5) is 72.9. The van der Waals surface area contributed by atoms with Crippen molar-refractivity contribution in [2.75, 3.05) is 39.6 Å². The first kappa shape index (κ1) is 94.1. The molecule has 0 heterocycles. The largest absolute Gasteiger partial charge is 0.472 e. The van der Waals surface area contributed by atoms with E-state index >= 15 is 0 Å². The van der Waals surface area contributed by atoms with E-state index in [-0.39, 0.29) is 25.7 Å². The molecular formula is C77H150O17P2. The number of aliphatic hydroxyl groups is 1. The van der Waals surface area contributed by atoms with Gasteiger partial charge in [-0.05, 0) is 49.4 Å². The van der Waals surface area contributed by atoms with Crippen LogP contribution in [0.3, 0.4) is 0 Å². The van der Waals surface area contributed by atoms with Crippen LogP contribution in [0.4, 0.5) is 0 Å². The van der Waals surface area contributed by atoms with Crippen LogP contribution < -0.4 is 0 Å². The van der Waals surface area contributed by atoms with Crippen molar-refractivity contribution < 1.29 is 80.2 Å². The lowest BCUT2D eigenvalue weighted by Crippen LogP contribution is -2.30. The van der Waals surface area contributed by atoms with E-state index in [1.165, 1.54) is 186 Å². The van der Waals surface area contributed by atoms with Crippen LogP contribution in [-0.2, 0) is 65.4 Å². The maximum Gasteiger partial charge on any atom is 0.472 e. The molecule has 0 aromatic heterocycles. The number of hydrogen-bond acceptors (Lipinski definition) is 15. The van der Waals surface area contributed by atoms with E-state index < -0.39 is 97.5 Å². The number of aliphatic hydroxyl groups excluding tert-OH is 1.